The number of pyridine rings is 2. The lowest BCUT2D eigenvalue weighted by molar-refractivity contribution is -0.138. The first-order chi connectivity index (χ1) is 18.1. The molecule has 3 aromatic rings. The van der Waals surface area contributed by atoms with Gasteiger partial charge in [-0.25, -0.2) is 9.97 Å². The Hall–Kier alpha value is -3.66. The summed E-state index contributed by atoms with van der Waals surface area (Å²) in [6, 6.07) is 10.4. The Morgan fingerprint density at radius 1 is 1.18 bits per heavy atom. The van der Waals surface area contributed by atoms with E-state index in [0.717, 1.165) is 17.7 Å². The lowest BCUT2D eigenvalue weighted by Gasteiger charge is -2.44. The van der Waals surface area contributed by atoms with Gasteiger partial charge in [0.1, 0.15) is 5.69 Å². The van der Waals surface area contributed by atoms with E-state index in [-0.39, 0.29) is 29.7 Å². The van der Waals surface area contributed by atoms with Crippen molar-refractivity contribution in [1.82, 2.24) is 20.2 Å². The number of alkyl halides is 3. The molecule has 1 N–H and O–H groups in total. The number of hydrogen-bond acceptors (Lipinski definition) is 5. The number of ether oxygens (including phenoxy) is 1. The number of benzene rings is 1. The van der Waals surface area contributed by atoms with E-state index in [1.54, 1.807) is 12.3 Å². The second-order valence-corrected chi connectivity index (χ2v) is 9.76. The maximum Gasteiger partial charge on any atom is 0.417 e. The Kier molecular flexibility index (Phi) is 6.77. The van der Waals surface area contributed by atoms with Crippen LogP contribution in [0.25, 0.3) is 11.3 Å². The molecule has 2 aliphatic rings. The molecule has 0 atom stereocenters. The van der Waals surface area contributed by atoms with E-state index in [1.807, 2.05) is 25.1 Å². The quantitative estimate of drug-likeness (QED) is 0.492. The van der Waals surface area contributed by atoms with E-state index in [2.05, 4.69) is 15.3 Å². The zero-order valence-electron chi connectivity index (χ0n) is 20.4. The molecule has 0 aliphatic carbocycles. The summed E-state index contributed by atoms with van der Waals surface area (Å²) in [5.74, 6) is -0.582. The number of halogens is 4. The molecule has 2 aliphatic heterocycles. The predicted molar refractivity (Wildman–Crippen MR) is 134 cm³/mol. The van der Waals surface area contributed by atoms with Crippen molar-refractivity contribution in [2.45, 2.75) is 31.4 Å². The highest BCUT2D eigenvalue weighted by molar-refractivity contribution is 6.30. The molecule has 1 saturated heterocycles. The molecule has 4 heterocycles. The average Bonchev–Trinajstić information content (AvgIpc) is 2.91. The molecule has 2 aromatic heterocycles. The molecule has 1 spiro atoms. The Morgan fingerprint density at radius 2 is 1.95 bits per heavy atom. The van der Waals surface area contributed by atoms with Crippen molar-refractivity contribution in [1.29, 1.82) is 0 Å². The first-order valence-corrected chi connectivity index (χ1v) is 12.5. The molecule has 0 radical (unpaired) electrons. The average molecular weight is 545 g/mol. The molecule has 0 saturated carbocycles. The molecular formula is C27H24ClF3N4O3. The van der Waals surface area contributed by atoms with Crippen molar-refractivity contribution in [3.63, 3.8) is 0 Å². The Morgan fingerprint density at radius 3 is 2.66 bits per heavy atom. The highest BCUT2D eigenvalue weighted by Gasteiger charge is 2.44. The lowest BCUT2D eigenvalue weighted by atomic mass is 9.70. The zero-order chi connectivity index (χ0) is 27.1. The fourth-order valence-electron chi connectivity index (χ4n) is 5.17. The van der Waals surface area contributed by atoms with Gasteiger partial charge < -0.3 is 15.0 Å². The zero-order valence-corrected chi connectivity index (χ0v) is 21.2. The van der Waals surface area contributed by atoms with Crippen LogP contribution in [0.15, 0.2) is 48.7 Å². The third kappa shape index (κ3) is 4.69. The van der Waals surface area contributed by atoms with Crippen LogP contribution in [0.4, 0.5) is 13.2 Å². The van der Waals surface area contributed by atoms with Crippen LogP contribution in [-0.2, 0) is 11.6 Å². The third-order valence-corrected chi connectivity index (χ3v) is 7.36. The van der Waals surface area contributed by atoms with Crippen molar-refractivity contribution in [3.05, 3.63) is 76.1 Å². The van der Waals surface area contributed by atoms with Crippen LogP contribution >= 0.6 is 11.6 Å². The number of nitrogens with one attached hydrogen (secondary N) is 1. The number of carbonyl (C=O) groups is 2. The molecular weight excluding hydrogens is 521 g/mol. The van der Waals surface area contributed by atoms with Crippen LogP contribution in [0.5, 0.6) is 5.88 Å². The number of rotatable bonds is 4. The summed E-state index contributed by atoms with van der Waals surface area (Å²) in [6.45, 7) is 3.09. The van der Waals surface area contributed by atoms with Gasteiger partial charge in [0.15, 0.2) is 0 Å². The summed E-state index contributed by atoms with van der Waals surface area (Å²) >= 11 is 5.77. The Bertz CT molecular complexity index is 1400. The normalized spacial score (nSPS) is 16.7. The standard InChI is InChI=1S/C27H24ClF3N4O3/c1-2-38-24-18(4-3-11-32-24)21-8-7-19-22(34-21)23(36)33-15-26(19)9-12-35(13-10-26)25(37)17-6-5-16(28)14-20(17)27(29,30)31/h3-8,11,14H,2,9-10,12-13,15H2,1H3,(H,33,36). The van der Waals surface area contributed by atoms with Gasteiger partial charge in [-0.2, -0.15) is 13.2 Å². The summed E-state index contributed by atoms with van der Waals surface area (Å²) in [5.41, 5.74) is 0.289. The SMILES string of the molecule is CCOc1ncccc1-c1ccc2c(n1)C(=O)NCC21CCN(C(=O)c2ccc(Cl)cc2C(F)(F)F)CC1. The predicted octanol–water partition coefficient (Wildman–Crippen LogP) is 5.13. The maximum atomic E-state index is 13.6. The van der Waals surface area contributed by atoms with Crippen LogP contribution in [0, 0.1) is 0 Å². The van der Waals surface area contributed by atoms with Crippen molar-refractivity contribution in [2.75, 3.05) is 26.2 Å². The third-order valence-electron chi connectivity index (χ3n) is 7.12. The Balaban J connectivity index is 1.41. The molecule has 0 unspecified atom stereocenters. The summed E-state index contributed by atoms with van der Waals surface area (Å²) in [4.78, 5) is 36.3. The summed E-state index contributed by atoms with van der Waals surface area (Å²) < 4.78 is 46.3. The molecule has 198 valence electrons. The Labute approximate surface area is 222 Å². The van der Waals surface area contributed by atoms with E-state index in [0.29, 0.717) is 43.1 Å². The lowest BCUT2D eigenvalue weighted by Crippen LogP contribution is -2.54. The van der Waals surface area contributed by atoms with Gasteiger partial charge >= 0.3 is 6.18 Å². The molecule has 1 aromatic carbocycles. The first-order valence-electron chi connectivity index (χ1n) is 12.2. The van der Waals surface area contributed by atoms with Crippen molar-refractivity contribution < 1.29 is 27.5 Å². The number of amides is 2. The number of piperidine rings is 1. The molecule has 0 bridgehead atoms. The van der Waals surface area contributed by atoms with Gasteiger partial charge in [0.2, 0.25) is 5.88 Å². The topological polar surface area (TPSA) is 84.4 Å². The van der Waals surface area contributed by atoms with Gasteiger partial charge in [-0.05, 0) is 61.7 Å². The summed E-state index contributed by atoms with van der Waals surface area (Å²) in [7, 11) is 0. The minimum absolute atomic E-state index is 0.0902. The minimum atomic E-state index is -4.71. The number of carbonyl (C=O) groups excluding carboxylic acids is 2. The number of nitrogens with zero attached hydrogens (tertiary/aromatic N) is 3. The highest BCUT2D eigenvalue weighted by atomic mass is 35.5. The van der Waals surface area contributed by atoms with Gasteiger partial charge in [0.25, 0.3) is 11.8 Å². The van der Waals surface area contributed by atoms with Gasteiger partial charge in [-0.1, -0.05) is 17.7 Å². The van der Waals surface area contributed by atoms with Gasteiger partial charge in [-0.15, -0.1) is 0 Å². The molecule has 2 amide bonds. The van der Waals surface area contributed by atoms with E-state index >= 15 is 0 Å². The largest absolute Gasteiger partial charge is 0.477 e. The van der Waals surface area contributed by atoms with Crippen LogP contribution in [0.3, 0.4) is 0 Å². The summed E-state index contributed by atoms with van der Waals surface area (Å²) in [6.07, 6.45) is -2.18. The smallest absolute Gasteiger partial charge is 0.417 e. The van der Waals surface area contributed by atoms with E-state index < -0.39 is 28.6 Å². The van der Waals surface area contributed by atoms with Crippen LogP contribution < -0.4 is 10.1 Å². The summed E-state index contributed by atoms with van der Waals surface area (Å²) in [5, 5.41) is 2.82. The molecule has 11 heteroatoms. The van der Waals surface area contributed by atoms with Crippen molar-refractivity contribution in [2.24, 2.45) is 0 Å². The van der Waals surface area contributed by atoms with Crippen LogP contribution in [0.2, 0.25) is 5.02 Å². The maximum absolute atomic E-state index is 13.6. The van der Waals surface area contributed by atoms with Crippen molar-refractivity contribution >= 4 is 23.4 Å². The number of hydrogen-bond donors (Lipinski definition) is 1. The van der Waals surface area contributed by atoms with Gasteiger partial charge in [-0.3, -0.25) is 9.59 Å². The van der Waals surface area contributed by atoms with Gasteiger partial charge in [0, 0.05) is 36.3 Å². The second kappa shape index (κ2) is 9.90. The minimum Gasteiger partial charge on any atom is -0.477 e. The highest BCUT2D eigenvalue weighted by Crippen LogP contribution is 2.41. The van der Waals surface area contributed by atoms with Crippen LogP contribution in [0.1, 0.15) is 51.7 Å². The van der Waals surface area contributed by atoms with Crippen molar-refractivity contribution in [3.8, 4) is 17.1 Å². The molecule has 5 rings (SSSR count). The van der Waals surface area contributed by atoms with E-state index in [9.17, 15) is 22.8 Å². The van der Waals surface area contributed by atoms with E-state index in [4.69, 9.17) is 16.3 Å². The molecule has 1 fully saturated rings. The number of fused-ring (bicyclic) bond motifs is 2. The second-order valence-electron chi connectivity index (χ2n) is 9.32. The fourth-order valence-corrected chi connectivity index (χ4v) is 5.34. The van der Waals surface area contributed by atoms with Crippen LogP contribution in [-0.4, -0.2) is 52.9 Å². The fraction of sp³-hybridized carbons (Fsp3) is 0.333. The first kappa shape index (κ1) is 26.0. The van der Waals surface area contributed by atoms with E-state index in [1.165, 1.54) is 11.0 Å². The number of aromatic nitrogens is 2. The molecule has 38 heavy (non-hydrogen) atoms. The molecule has 7 nitrogen and oxygen atoms in total. The van der Waals surface area contributed by atoms with Gasteiger partial charge in [0.05, 0.1) is 29.0 Å². The monoisotopic (exact) mass is 544 g/mol. The number of likely N-dealkylation sites (tertiary alicyclic amines) is 1.